The monoisotopic (exact) mass is 367 g/mol. The van der Waals surface area contributed by atoms with Crippen molar-refractivity contribution >= 4 is 29.9 Å². The summed E-state index contributed by atoms with van der Waals surface area (Å²) in [7, 11) is 0.779. The lowest BCUT2D eigenvalue weighted by molar-refractivity contribution is 0.415. The van der Waals surface area contributed by atoms with Crippen LogP contribution < -0.4 is 15.1 Å². The van der Waals surface area contributed by atoms with Crippen molar-refractivity contribution in [3.63, 3.8) is 0 Å². The molecule has 0 amide bonds. The van der Waals surface area contributed by atoms with Gasteiger partial charge in [-0.3, -0.25) is 0 Å². The second-order valence-corrected chi connectivity index (χ2v) is 9.69. The molecule has 0 unspecified atom stereocenters. The van der Waals surface area contributed by atoms with E-state index >= 15 is 0 Å². The molecule has 0 saturated heterocycles. The summed E-state index contributed by atoms with van der Waals surface area (Å²) in [6, 6.07) is 35.1. The van der Waals surface area contributed by atoms with Crippen LogP contribution in [0.4, 0.5) is 0 Å². The molecular weight excluding hydrogens is 344 g/mol. The van der Waals surface area contributed by atoms with E-state index in [1.807, 2.05) is 6.07 Å². The summed E-state index contributed by atoms with van der Waals surface area (Å²) in [5.74, 6) is 0.904. The van der Waals surface area contributed by atoms with Gasteiger partial charge in [0.25, 0.3) is 0 Å². The standard InChI is InChI=1S/C25H23OSi/c1-19(20-13-14-22-18-23(26-2)16-15-21(22)17-20)27(24-9-5-3-6-10-24)25-11-7-4-8-12-25/h3-19H,1-2H3/t19-/m1/s1. The van der Waals surface area contributed by atoms with Crippen LogP contribution in [-0.4, -0.2) is 15.9 Å². The Morgan fingerprint density at radius 1 is 0.667 bits per heavy atom. The van der Waals surface area contributed by atoms with Gasteiger partial charge in [0.2, 0.25) is 0 Å². The van der Waals surface area contributed by atoms with Crippen LogP contribution in [0, 0.1) is 0 Å². The lowest BCUT2D eigenvalue weighted by Crippen LogP contribution is -2.46. The Morgan fingerprint density at radius 3 is 1.81 bits per heavy atom. The van der Waals surface area contributed by atoms with Crippen molar-refractivity contribution in [2.45, 2.75) is 12.5 Å². The smallest absolute Gasteiger partial charge is 0.128 e. The van der Waals surface area contributed by atoms with E-state index in [4.69, 9.17) is 4.74 Å². The Morgan fingerprint density at radius 2 is 1.22 bits per heavy atom. The summed E-state index contributed by atoms with van der Waals surface area (Å²) >= 11 is 0. The van der Waals surface area contributed by atoms with E-state index in [9.17, 15) is 0 Å². The number of hydrogen-bond acceptors (Lipinski definition) is 1. The number of fused-ring (bicyclic) bond motifs is 1. The highest BCUT2D eigenvalue weighted by Gasteiger charge is 2.25. The normalized spacial score (nSPS) is 12.3. The van der Waals surface area contributed by atoms with E-state index in [0.29, 0.717) is 5.54 Å². The molecule has 4 aromatic carbocycles. The Hall–Kier alpha value is -2.84. The summed E-state index contributed by atoms with van der Waals surface area (Å²) in [6.07, 6.45) is 0. The first-order valence-corrected chi connectivity index (χ1v) is 10.9. The minimum atomic E-state index is -0.935. The first kappa shape index (κ1) is 17.6. The third-order valence-corrected chi connectivity index (χ3v) is 8.28. The summed E-state index contributed by atoms with van der Waals surface area (Å²) < 4.78 is 5.36. The molecule has 1 nitrogen and oxygen atoms in total. The van der Waals surface area contributed by atoms with Crippen LogP contribution in [0.15, 0.2) is 97.1 Å². The topological polar surface area (TPSA) is 9.23 Å². The van der Waals surface area contributed by atoms with Gasteiger partial charge in [0.1, 0.15) is 14.5 Å². The molecule has 0 aliphatic heterocycles. The molecule has 4 aromatic rings. The third kappa shape index (κ3) is 3.67. The zero-order chi connectivity index (χ0) is 18.6. The lowest BCUT2D eigenvalue weighted by atomic mass is 10.1. The highest BCUT2D eigenvalue weighted by Crippen LogP contribution is 2.26. The fraction of sp³-hybridized carbons (Fsp3) is 0.120. The van der Waals surface area contributed by atoms with Gasteiger partial charge < -0.3 is 4.74 Å². The van der Waals surface area contributed by atoms with Gasteiger partial charge in [-0.15, -0.1) is 0 Å². The summed E-state index contributed by atoms with van der Waals surface area (Å²) in [5, 5.41) is 5.40. The molecule has 0 saturated carbocycles. The highest BCUT2D eigenvalue weighted by atomic mass is 28.3. The molecule has 27 heavy (non-hydrogen) atoms. The maximum absolute atomic E-state index is 5.36. The molecule has 0 N–H and O–H groups in total. The average Bonchev–Trinajstić information content (AvgIpc) is 2.74. The van der Waals surface area contributed by atoms with Gasteiger partial charge >= 0.3 is 0 Å². The molecule has 0 aliphatic rings. The summed E-state index contributed by atoms with van der Waals surface area (Å²) in [6.45, 7) is 2.37. The van der Waals surface area contributed by atoms with Crippen LogP contribution in [-0.2, 0) is 0 Å². The van der Waals surface area contributed by atoms with Crippen LogP contribution in [0.2, 0.25) is 0 Å². The molecule has 1 radical (unpaired) electrons. The number of ether oxygens (including phenoxy) is 1. The fourth-order valence-electron chi connectivity index (χ4n) is 3.71. The Balaban J connectivity index is 1.77. The van der Waals surface area contributed by atoms with Crippen LogP contribution in [0.5, 0.6) is 5.75 Å². The molecule has 0 aliphatic carbocycles. The van der Waals surface area contributed by atoms with Gasteiger partial charge in [0.05, 0.1) is 7.11 Å². The number of benzene rings is 4. The predicted octanol–water partition coefficient (Wildman–Crippen LogP) is 4.80. The van der Waals surface area contributed by atoms with E-state index in [-0.39, 0.29) is 0 Å². The largest absolute Gasteiger partial charge is 0.497 e. The Labute approximate surface area is 162 Å². The van der Waals surface area contributed by atoms with Gasteiger partial charge in [-0.2, -0.15) is 0 Å². The average molecular weight is 368 g/mol. The predicted molar refractivity (Wildman–Crippen MR) is 117 cm³/mol. The first-order chi connectivity index (χ1) is 13.3. The van der Waals surface area contributed by atoms with E-state index in [1.54, 1.807) is 7.11 Å². The first-order valence-electron chi connectivity index (χ1n) is 9.31. The van der Waals surface area contributed by atoms with Gasteiger partial charge in [-0.25, -0.2) is 0 Å². The molecule has 1 atom stereocenters. The van der Waals surface area contributed by atoms with Gasteiger partial charge in [-0.1, -0.05) is 102 Å². The summed E-state index contributed by atoms with van der Waals surface area (Å²) in [5.41, 5.74) is 1.86. The van der Waals surface area contributed by atoms with Crippen molar-refractivity contribution in [1.82, 2.24) is 0 Å². The van der Waals surface area contributed by atoms with Crippen LogP contribution in [0.25, 0.3) is 10.8 Å². The van der Waals surface area contributed by atoms with Crippen molar-refractivity contribution in [1.29, 1.82) is 0 Å². The minimum absolute atomic E-state index is 0.464. The van der Waals surface area contributed by atoms with E-state index in [1.165, 1.54) is 26.7 Å². The third-order valence-electron chi connectivity index (χ3n) is 5.17. The second kappa shape index (κ2) is 7.81. The zero-order valence-corrected chi connectivity index (χ0v) is 16.7. The van der Waals surface area contributed by atoms with Crippen LogP contribution in [0.1, 0.15) is 18.0 Å². The van der Waals surface area contributed by atoms with Gasteiger partial charge in [0.15, 0.2) is 0 Å². The molecular formula is C25H23OSi. The minimum Gasteiger partial charge on any atom is -0.497 e. The van der Waals surface area contributed by atoms with E-state index in [0.717, 1.165) is 5.75 Å². The maximum atomic E-state index is 5.36. The molecule has 4 rings (SSSR count). The van der Waals surface area contributed by atoms with Gasteiger partial charge in [0, 0.05) is 0 Å². The van der Waals surface area contributed by atoms with Crippen molar-refractivity contribution in [3.8, 4) is 5.75 Å². The second-order valence-electron chi connectivity index (χ2n) is 6.84. The lowest BCUT2D eigenvalue weighted by Gasteiger charge is -2.24. The van der Waals surface area contributed by atoms with Gasteiger partial charge in [-0.05, 0) is 34.0 Å². The number of hydrogen-bond donors (Lipinski definition) is 0. The number of methoxy groups -OCH3 is 1. The van der Waals surface area contributed by atoms with Crippen molar-refractivity contribution < 1.29 is 4.74 Å². The molecule has 0 spiro atoms. The van der Waals surface area contributed by atoms with Crippen molar-refractivity contribution in [3.05, 3.63) is 103 Å². The zero-order valence-electron chi connectivity index (χ0n) is 15.7. The molecule has 0 fully saturated rings. The fourth-order valence-corrected chi connectivity index (χ4v) is 6.66. The van der Waals surface area contributed by atoms with E-state index in [2.05, 4.69) is 97.9 Å². The Kier molecular flexibility index (Phi) is 5.08. The van der Waals surface area contributed by atoms with Crippen LogP contribution in [0.3, 0.4) is 0 Å². The van der Waals surface area contributed by atoms with Crippen molar-refractivity contribution in [2.24, 2.45) is 0 Å². The van der Waals surface area contributed by atoms with Crippen molar-refractivity contribution in [2.75, 3.05) is 7.11 Å². The highest BCUT2D eigenvalue weighted by molar-refractivity contribution is 6.86. The summed E-state index contributed by atoms with van der Waals surface area (Å²) in [4.78, 5) is 0. The molecule has 2 heteroatoms. The maximum Gasteiger partial charge on any atom is 0.128 e. The molecule has 0 aromatic heterocycles. The SMILES string of the molecule is COc1ccc2cc([C@@H](C)[Si](c3ccccc3)c3ccccc3)ccc2c1. The molecule has 0 heterocycles. The molecule has 0 bridgehead atoms. The molecule has 133 valence electrons. The van der Waals surface area contributed by atoms with E-state index < -0.39 is 8.80 Å². The quantitative estimate of drug-likeness (QED) is 0.460. The number of rotatable bonds is 5. The Bertz CT molecular complexity index is 988. The van der Waals surface area contributed by atoms with Crippen LogP contribution >= 0.6 is 0 Å².